The fraction of sp³-hybridized carbons (Fsp3) is 1.00. The van der Waals surface area contributed by atoms with Gasteiger partial charge in [0.1, 0.15) is 6.10 Å². The number of hydrogen-bond acceptors (Lipinski definition) is 8. The average molecular weight is 312 g/mol. The molecule has 21 heavy (non-hydrogen) atoms. The molecule has 0 unspecified atom stereocenters. The van der Waals surface area contributed by atoms with Crippen LogP contribution in [0.15, 0.2) is 0 Å². The van der Waals surface area contributed by atoms with Gasteiger partial charge >= 0.3 is 0 Å². The molecule has 0 aliphatic carbocycles. The first-order valence-corrected chi connectivity index (χ1v) is 7.10. The van der Waals surface area contributed by atoms with Crippen LogP contribution in [0.4, 0.5) is 0 Å². The molecular formula is C13H28O8. The van der Waals surface area contributed by atoms with Crippen LogP contribution in [0, 0.1) is 0 Å². The van der Waals surface area contributed by atoms with Crippen molar-refractivity contribution in [2.45, 2.75) is 6.10 Å². The van der Waals surface area contributed by atoms with Crippen LogP contribution >= 0.6 is 0 Å². The Morgan fingerprint density at radius 1 is 0.524 bits per heavy atom. The summed E-state index contributed by atoms with van der Waals surface area (Å²) >= 11 is 0. The van der Waals surface area contributed by atoms with Gasteiger partial charge in [0.25, 0.3) is 0 Å². The molecule has 0 bridgehead atoms. The first-order valence-electron chi connectivity index (χ1n) is 7.10. The highest BCUT2D eigenvalue weighted by molar-refractivity contribution is 4.55. The number of rotatable bonds is 17. The minimum atomic E-state index is -0.271. The van der Waals surface area contributed by atoms with E-state index in [9.17, 15) is 0 Å². The molecule has 0 aromatic heterocycles. The SMILES string of the molecule is OCCOCCOCC(COCCOCCO)OCCO. The summed E-state index contributed by atoms with van der Waals surface area (Å²) < 4.78 is 26.3. The van der Waals surface area contributed by atoms with Crippen molar-refractivity contribution in [1.29, 1.82) is 0 Å². The summed E-state index contributed by atoms with van der Waals surface area (Å²) in [4.78, 5) is 0. The lowest BCUT2D eigenvalue weighted by molar-refractivity contribution is -0.0796. The second kappa shape index (κ2) is 17.7. The van der Waals surface area contributed by atoms with Crippen molar-refractivity contribution in [1.82, 2.24) is 0 Å². The molecule has 0 aromatic carbocycles. The normalized spacial score (nSPS) is 11.4. The van der Waals surface area contributed by atoms with Crippen molar-refractivity contribution < 1.29 is 39.0 Å². The Morgan fingerprint density at radius 3 is 1.38 bits per heavy atom. The summed E-state index contributed by atoms with van der Waals surface area (Å²) in [7, 11) is 0. The van der Waals surface area contributed by atoms with Crippen LogP contribution in [-0.2, 0) is 23.7 Å². The van der Waals surface area contributed by atoms with Crippen LogP contribution in [0.5, 0.6) is 0 Å². The molecule has 128 valence electrons. The van der Waals surface area contributed by atoms with Gasteiger partial charge in [0.15, 0.2) is 0 Å². The largest absolute Gasteiger partial charge is 0.394 e. The molecule has 3 N–H and O–H groups in total. The standard InChI is InChI=1S/C13H28O8/c14-1-4-17-7-9-19-11-13(21-6-3-16)12-20-10-8-18-5-2-15/h13-16H,1-12H2. The molecule has 8 nitrogen and oxygen atoms in total. The molecule has 0 fully saturated rings. The van der Waals surface area contributed by atoms with Crippen molar-refractivity contribution in [3.63, 3.8) is 0 Å². The first-order chi connectivity index (χ1) is 10.3. The summed E-state index contributed by atoms with van der Waals surface area (Å²) in [5.74, 6) is 0. The Hall–Kier alpha value is -0.320. The molecule has 0 atom stereocenters. The molecule has 0 rings (SSSR count). The highest BCUT2D eigenvalue weighted by atomic mass is 16.6. The Morgan fingerprint density at radius 2 is 0.952 bits per heavy atom. The van der Waals surface area contributed by atoms with Gasteiger partial charge in [-0.3, -0.25) is 0 Å². The van der Waals surface area contributed by atoms with E-state index in [2.05, 4.69) is 0 Å². The fourth-order valence-corrected chi connectivity index (χ4v) is 1.36. The molecule has 8 heteroatoms. The topological polar surface area (TPSA) is 107 Å². The average Bonchev–Trinajstić information content (AvgIpc) is 2.50. The van der Waals surface area contributed by atoms with Gasteiger partial charge in [0, 0.05) is 0 Å². The van der Waals surface area contributed by atoms with E-state index in [1.807, 2.05) is 0 Å². The van der Waals surface area contributed by atoms with Crippen molar-refractivity contribution in [3.8, 4) is 0 Å². The quantitative estimate of drug-likeness (QED) is 0.276. The molecule has 0 heterocycles. The predicted molar refractivity (Wildman–Crippen MR) is 74.3 cm³/mol. The van der Waals surface area contributed by atoms with Crippen LogP contribution in [0.3, 0.4) is 0 Å². The van der Waals surface area contributed by atoms with Crippen molar-refractivity contribution in [3.05, 3.63) is 0 Å². The maximum Gasteiger partial charge on any atom is 0.104 e. The maximum absolute atomic E-state index is 8.76. The highest BCUT2D eigenvalue weighted by Gasteiger charge is 2.09. The summed E-state index contributed by atoms with van der Waals surface area (Å²) in [6.07, 6.45) is -0.271. The van der Waals surface area contributed by atoms with Gasteiger partial charge in [-0.2, -0.15) is 0 Å². The van der Waals surface area contributed by atoms with Crippen molar-refractivity contribution in [2.24, 2.45) is 0 Å². The van der Waals surface area contributed by atoms with Crippen LogP contribution in [0.2, 0.25) is 0 Å². The van der Waals surface area contributed by atoms with Gasteiger partial charge in [0.05, 0.1) is 79.3 Å². The van der Waals surface area contributed by atoms with Gasteiger partial charge < -0.3 is 39.0 Å². The molecule has 0 aliphatic rings. The van der Waals surface area contributed by atoms with Gasteiger partial charge in [0.2, 0.25) is 0 Å². The molecule has 0 spiro atoms. The van der Waals surface area contributed by atoms with E-state index in [-0.39, 0.29) is 32.5 Å². The van der Waals surface area contributed by atoms with Crippen molar-refractivity contribution >= 4 is 0 Å². The summed E-state index contributed by atoms with van der Waals surface area (Å²) in [5, 5.41) is 25.8. The van der Waals surface area contributed by atoms with E-state index in [0.29, 0.717) is 52.9 Å². The van der Waals surface area contributed by atoms with Gasteiger partial charge in [-0.15, -0.1) is 0 Å². The van der Waals surface area contributed by atoms with Crippen LogP contribution in [0.1, 0.15) is 0 Å². The fourth-order valence-electron chi connectivity index (χ4n) is 1.36. The molecule has 0 aliphatic heterocycles. The molecule has 0 saturated carbocycles. The Labute approximate surface area is 125 Å². The molecule has 0 amide bonds. The van der Waals surface area contributed by atoms with E-state index >= 15 is 0 Å². The zero-order valence-electron chi connectivity index (χ0n) is 12.4. The first kappa shape index (κ1) is 20.7. The summed E-state index contributed by atoms with van der Waals surface area (Å²) in [6, 6.07) is 0. The van der Waals surface area contributed by atoms with Crippen molar-refractivity contribution in [2.75, 3.05) is 79.3 Å². The minimum absolute atomic E-state index is 0.00553. The number of hydrogen-bond donors (Lipinski definition) is 3. The van der Waals surface area contributed by atoms with Crippen LogP contribution in [-0.4, -0.2) is 101 Å². The van der Waals surface area contributed by atoms with Gasteiger partial charge in [-0.05, 0) is 0 Å². The number of ether oxygens (including phenoxy) is 5. The van der Waals surface area contributed by atoms with E-state index < -0.39 is 0 Å². The van der Waals surface area contributed by atoms with Crippen LogP contribution in [0.25, 0.3) is 0 Å². The second-order valence-electron chi connectivity index (χ2n) is 4.04. The molecule has 0 radical (unpaired) electrons. The van der Waals surface area contributed by atoms with Gasteiger partial charge in [-0.1, -0.05) is 0 Å². The lowest BCUT2D eigenvalue weighted by atomic mass is 10.4. The summed E-state index contributed by atoms with van der Waals surface area (Å²) in [6.45, 7) is 3.02. The minimum Gasteiger partial charge on any atom is -0.394 e. The lowest BCUT2D eigenvalue weighted by Gasteiger charge is -2.18. The number of aliphatic hydroxyl groups is 3. The maximum atomic E-state index is 8.76. The second-order valence-corrected chi connectivity index (χ2v) is 4.04. The van der Waals surface area contributed by atoms with E-state index in [0.717, 1.165) is 0 Å². The Kier molecular flexibility index (Phi) is 17.5. The molecular weight excluding hydrogens is 284 g/mol. The smallest absolute Gasteiger partial charge is 0.104 e. The van der Waals surface area contributed by atoms with E-state index in [1.54, 1.807) is 0 Å². The Bertz CT molecular complexity index is 177. The monoisotopic (exact) mass is 312 g/mol. The summed E-state index contributed by atoms with van der Waals surface area (Å²) in [5.41, 5.74) is 0. The third-order valence-corrected chi connectivity index (χ3v) is 2.27. The van der Waals surface area contributed by atoms with Crippen LogP contribution < -0.4 is 0 Å². The zero-order valence-corrected chi connectivity index (χ0v) is 12.4. The predicted octanol–water partition coefficient (Wildman–Crippen LogP) is -1.59. The number of aliphatic hydroxyl groups excluding tert-OH is 3. The molecule has 0 aromatic rings. The Balaban J connectivity index is 3.56. The highest BCUT2D eigenvalue weighted by Crippen LogP contribution is 1.96. The third kappa shape index (κ3) is 15.9. The zero-order chi connectivity index (χ0) is 15.6. The van der Waals surface area contributed by atoms with E-state index in [4.69, 9.17) is 39.0 Å². The lowest BCUT2D eigenvalue weighted by Crippen LogP contribution is -2.28. The third-order valence-electron chi connectivity index (χ3n) is 2.27. The van der Waals surface area contributed by atoms with E-state index in [1.165, 1.54) is 0 Å². The van der Waals surface area contributed by atoms with Gasteiger partial charge in [-0.25, -0.2) is 0 Å². The molecule has 0 saturated heterocycles.